The van der Waals surface area contributed by atoms with Crippen molar-refractivity contribution >= 4 is 15.5 Å². The maximum absolute atomic E-state index is 11.5. The molecule has 0 spiro atoms. The summed E-state index contributed by atoms with van der Waals surface area (Å²) in [6.45, 7) is 3.34. The Balaban J connectivity index is 3.21. The molecule has 0 saturated carbocycles. The van der Waals surface area contributed by atoms with Gasteiger partial charge in [-0.25, -0.2) is 8.42 Å². The molecular formula is C9H11NO3S. The first-order valence-corrected chi connectivity index (χ1v) is 5.55. The molecule has 0 aliphatic carbocycles. The Kier molecular flexibility index (Phi) is 2.81. The molecule has 0 saturated heterocycles. The van der Waals surface area contributed by atoms with Crippen LogP contribution in [0.4, 0.5) is 5.69 Å². The fourth-order valence-corrected chi connectivity index (χ4v) is 2.04. The molecule has 0 aliphatic rings. The van der Waals surface area contributed by atoms with E-state index in [0.717, 1.165) is 6.07 Å². The van der Waals surface area contributed by atoms with E-state index in [1.807, 2.05) is 0 Å². The average Bonchev–Trinajstić information content (AvgIpc) is 2.09. The second-order valence-electron chi connectivity index (χ2n) is 2.79. The van der Waals surface area contributed by atoms with Gasteiger partial charge in [-0.3, -0.25) is 0 Å². The first kappa shape index (κ1) is 10.6. The quantitative estimate of drug-likeness (QED) is 0.444. The lowest BCUT2D eigenvalue weighted by Gasteiger charge is -2.03. The van der Waals surface area contributed by atoms with Crippen LogP contribution in [0.1, 0.15) is 0 Å². The highest BCUT2D eigenvalue weighted by Crippen LogP contribution is 2.23. The molecule has 1 rings (SSSR count). The number of hydrogen-bond acceptors (Lipinski definition) is 4. The number of rotatable bonds is 3. The van der Waals surface area contributed by atoms with Crippen LogP contribution in [-0.2, 0) is 9.84 Å². The molecule has 0 atom stereocenters. The number of anilines is 1. The minimum absolute atomic E-state index is 0.0455. The van der Waals surface area contributed by atoms with Crippen LogP contribution in [-0.4, -0.2) is 19.3 Å². The van der Waals surface area contributed by atoms with E-state index in [2.05, 4.69) is 6.58 Å². The summed E-state index contributed by atoms with van der Waals surface area (Å²) < 4.78 is 22.9. The number of aromatic hydroxyl groups is 1. The first-order chi connectivity index (χ1) is 6.47. The van der Waals surface area contributed by atoms with Crippen molar-refractivity contribution < 1.29 is 13.5 Å². The molecule has 0 bridgehead atoms. The maximum atomic E-state index is 11.5. The normalized spacial score (nSPS) is 11.1. The molecule has 0 heterocycles. The van der Waals surface area contributed by atoms with Gasteiger partial charge in [0.25, 0.3) is 0 Å². The zero-order valence-electron chi connectivity index (χ0n) is 7.47. The van der Waals surface area contributed by atoms with Crippen molar-refractivity contribution in [1.29, 1.82) is 0 Å². The molecule has 1 aromatic carbocycles. The number of phenols is 1. The van der Waals surface area contributed by atoms with Crippen LogP contribution < -0.4 is 5.73 Å². The van der Waals surface area contributed by atoms with Crippen LogP contribution in [0.15, 0.2) is 35.7 Å². The molecule has 0 amide bonds. The summed E-state index contributed by atoms with van der Waals surface area (Å²) in [5.74, 6) is -0.383. The predicted octanol–water partition coefficient (Wildman–Crippen LogP) is 0.934. The van der Waals surface area contributed by atoms with E-state index >= 15 is 0 Å². The molecule has 0 radical (unpaired) electrons. The standard InChI is InChI=1S/C9H11NO3S/c1-2-5-14(12,13)7-3-4-8(10)9(11)6-7/h2-4,6,11H,1,5,10H2. The van der Waals surface area contributed by atoms with Gasteiger partial charge in [0.15, 0.2) is 9.84 Å². The van der Waals surface area contributed by atoms with E-state index in [-0.39, 0.29) is 22.1 Å². The van der Waals surface area contributed by atoms with E-state index in [1.54, 1.807) is 0 Å². The van der Waals surface area contributed by atoms with Gasteiger partial charge < -0.3 is 10.8 Å². The van der Waals surface area contributed by atoms with Gasteiger partial charge in [-0.1, -0.05) is 6.08 Å². The van der Waals surface area contributed by atoms with Crippen molar-refractivity contribution in [1.82, 2.24) is 0 Å². The van der Waals surface area contributed by atoms with E-state index in [1.165, 1.54) is 18.2 Å². The molecule has 3 N–H and O–H groups in total. The third kappa shape index (κ3) is 2.05. The first-order valence-electron chi connectivity index (χ1n) is 3.89. The Hall–Kier alpha value is -1.49. The highest BCUT2D eigenvalue weighted by atomic mass is 32.2. The highest BCUT2D eigenvalue weighted by molar-refractivity contribution is 7.91. The highest BCUT2D eigenvalue weighted by Gasteiger charge is 2.13. The Morgan fingerprint density at radius 2 is 2.14 bits per heavy atom. The molecule has 0 unspecified atom stereocenters. The van der Waals surface area contributed by atoms with Crippen molar-refractivity contribution in [3.63, 3.8) is 0 Å². The van der Waals surface area contributed by atoms with Crippen LogP contribution in [0.5, 0.6) is 5.75 Å². The second-order valence-corrected chi connectivity index (χ2v) is 4.82. The maximum Gasteiger partial charge on any atom is 0.182 e. The van der Waals surface area contributed by atoms with Crippen molar-refractivity contribution in [2.45, 2.75) is 4.90 Å². The minimum atomic E-state index is -3.38. The van der Waals surface area contributed by atoms with Gasteiger partial charge in [-0.15, -0.1) is 6.58 Å². The molecule has 0 aliphatic heterocycles. The lowest BCUT2D eigenvalue weighted by molar-refractivity contribution is 0.476. The SMILES string of the molecule is C=CCS(=O)(=O)c1ccc(N)c(O)c1. The summed E-state index contributed by atoms with van der Waals surface area (Å²) in [4.78, 5) is 0.0455. The number of hydrogen-bond donors (Lipinski definition) is 2. The van der Waals surface area contributed by atoms with Gasteiger partial charge in [0.1, 0.15) is 5.75 Å². The molecule has 1 aromatic rings. The van der Waals surface area contributed by atoms with Crippen molar-refractivity contribution in [3.8, 4) is 5.75 Å². The largest absolute Gasteiger partial charge is 0.506 e. The zero-order chi connectivity index (χ0) is 10.8. The average molecular weight is 213 g/mol. The van der Waals surface area contributed by atoms with Crippen LogP contribution in [0.3, 0.4) is 0 Å². The minimum Gasteiger partial charge on any atom is -0.506 e. The van der Waals surface area contributed by atoms with Crippen LogP contribution in [0.25, 0.3) is 0 Å². The van der Waals surface area contributed by atoms with E-state index in [4.69, 9.17) is 5.73 Å². The third-order valence-electron chi connectivity index (χ3n) is 1.70. The fraction of sp³-hybridized carbons (Fsp3) is 0.111. The van der Waals surface area contributed by atoms with E-state index in [9.17, 15) is 13.5 Å². The molecular weight excluding hydrogens is 202 g/mol. The second kappa shape index (κ2) is 3.71. The lowest BCUT2D eigenvalue weighted by atomic mass is 10.3. The summed E-state index contributed by atoms with van der Waals surface area (Å²) >= 11 is 0. The number of nitrogens with two attached hydrogens (primary N) is 1. The Labute approximate surface area is 82.6 Å². The Morgan fingerprint density at radius 3 is 2.64 bits per heavy atom. The van der Waals surface area contributed by atoms with Gasteiger partial charge in [0.05, 0.1) is 16.3 Å². The number of benzene rings is 1. The smallest absolute Gasteiger partial charge is 0.182 e. The van der Waals surface area contributed by atoms with Crippen LogP contribution in [0.2, 0.25) is 0 Å². The van der Waals surface area contributed by atoms with Crippen LogP contribution >= 0.6 is 0 Å². The summed E-state index contributed by atoms with van der Waals surface area (Å²) in [6, 6.07) is 3.84. The summed E-state index contributed by atoms with van der Waals surface area (Å²) in [5, 5.41) is 9.22. The van der Waals surface area contributed by atoms with Crippen molar-refractivity contribution in [3.05, 3.63) is 30.9 Å². The monoisotopic (exact) mass is 213 g/mol. The summed E-state index contributed by atoms with van der Waals surface area (Å²) in [6.07, 6.45) is 1.29. The van der Waals surface area contributed by atoms with E-state index < -0.39 is 9.84 Å². The van der Waals surface area contributed by atoms with Gasteiger partial charge in [-0.05, 0) is 12.1 Å². The van der Waals surface area contributed by atoms with Crippen LogP contribution in [0, 0.1) is 0 Å². The topological polar surface area (TPSA) is 80.4 Å². The zero-order valence-corrected chi connectivity index (χ0v) is 8.29. The molecule has 76 valence electrons. The summed E-state index contributed by atoms with van der Waals surface area (Å²) in [5.41, 5.74) is 5.50. The van der Waals surface area contributed by atoms with Gasteiger partial charge in [0, 0.05) is 6.07 Å². The van der Waals surface area contributed by atoms with E-state index in [0.29, 0.717) is 0 Å². The van der Waals surface area contributed by atoms with Gasteiger partial charge >= 0.3 is 0 Å². The van der Waals surface area contributed by atoms with Gasteiger partial charge in [0.2, 0.25) is 0 Å². The number of nitrogen functional groups attached to an aromatic ring is 1. The number of phenolic OH excluding ortho intramolecular Hbond substituents is 1. The predicted molar refractivity (Wildman–Crippen MR) is 54.8 cm³/mol. The van der Waals surface area contributed by atoms with Crippen molar-refractivity contribution in [2.24, 2.45) is 0 Å². The third-order valence-corrected chi connectivity index (χ3v) is 3.34. The Bertz CT molecular complexity index is 451. The number of sulfone groups is 1. The summed E-state index contributed by atoms with van der Waals surface area (Å²) in [7, 11) is -3.38. The molecule has 5 heteroatoms. The molecule has 0 aromatic heterocycles. The molecule has 0 fully saturated rings. The fourth-order valence-electron chi connectivity index (χ4n) is 0.968. The molecule has 4 nitrogen and oxygen atoms in total. The van der Waals surface area contributed by atoms with Gasteiger partial charge in [-0.2, -0.15) is 0 Å². The van der Waals surface area contributed by atoms with Crippen molar-refractivity contribution in [2.75, 3.05) is 11.5 Å². The lowest BCUT2D eigenvalue weighted by Crippen LogP contribution is -2.04. The molecule has 14 heavy (non-hydrogen) atoms. The Morgan fingerprint density at radius 1 is 1.50 bits per heavy atom.